The van der Waals surface area contributed by atoms with Gasteiger partial charge in [-0.1, -0.05) is 6.07 Å². The highest BCUT2D eigenvalue weighted by Gasteiger charge is 2.44. The summed E-state index contributed by atoms with van der Waals surface area (Å²) in [5.41, 5.74) is 2.58. The lowest BCUT2D eigenvalue weighted by Gasteiger charge is -2.38. The zero-order valence-electron chi connectivity index (χ0n) is 10.5. The van der Waals surface area contributed by atoms with Crippen molar-refractivity contribution < 1.29 is 9.47 Å². The van der Waals surface area contributed by atoms with Gasteiger partial charge in [-0.05, 0) is 31.0 Å². The molecule has 0 saturated carbocycles. The Kier molecular flexibility index (Phi) is 2.51. The summed E-state index contributed by atoms with van der Waals surface area (Å²) in [4.78, 5) is 2.39. The van der Waals surface area contributed by atoms with Crippen LogP contribution in [0.5, 0.6) is 5.75 Å². The van der Waals surface area contributed by atoms with Crippen molar-refractivity contribution >= 4 is 5.69 Å². The molecule has 2 saturated heterocycles. The molecule has 0 aromatic heterocycles. The number of ether oxygens (including phenoxy) is 2. The number of benzene rings is 1. The topological polar surface area (TPSA) is 21.7 Å². The average Bonchev–Trinajstić information content (AvgIpc) is 2.73. The van der Waals surface area contributed by atoms with Gasteiger partial charge in [0.1, 0.15) is 5.75 Å². The molecule has 1 aromatic rings. The molecule has 2 heterocycles. The minimum atomic E-state index is 0.149. The minimum absolute atomic E-state index is 0.149. The fraction of sp³-hybridized carbons (Fsp3) is 0.571. The van der Waals surface area contributed by atoms with Gasteiger partial charge in [0.2, 0.25) is 0 Å². The van der Waals surface area contributed by atoms with E-state index in [1.165, 1.54) is 17.7 Å². The lowest BCUT2D eigenvalue weighted by molar-refractivity contribution is -0.130. The van der Waals surface area contributed by atoms with E-state index in [9.17, 15) is 0 Å². The van der Waals surface area contributed by atoms with Crippen LogP contribution in [-0.2, 0) is 4.74 Å². The zero-order chi connectivity index (χ0) is 11.9. The van der Waals surface area contributed by atoms with Crippen molar-refractivity contribution in [3.8, 4) is 5.75 Å². The third-order valence-corrected chi connectivity index (χ3v) is 3.96. The Labute approximate surface area is 102 Å². The van der Waals surface area contributed by atoms with Crippen LogP contribution in [-0.4, -0.2) is 32.4 Å². The maximum absolute atomic E-state index is 5.75. The summed E-state index contributed by atoms with van der Waals surface area (Å²) in [6, 6.07) is 6.40. The van der Waals surface area contributed by atoms with Gasteiger partial charge in [-0.2, -0.15) is 0 Å². The van der Waals surface area contributed by atoms with Crippen LogP contribution in [0, 0.1) is 6.92 Å². The number of methoxy groups -OCH3 is 1. The molecule has 0 radical (unpaired) electrons. The third kappa shape index (κ3) is 1.78. The van der Waals surface area contributed by atoms with E-state index in [0.29, 0.717) is 0 Å². The molecule has 3 nitrogen and oxygen atoms in total. The molecule has 1 unspecified atom stereocenters. The summed E-state index contributed by atoms with van der Waals surface area (Å²) in [6.07, 6.45) is 2.35. The van der Waals surface area contributed by atoms with Gasteiger partial charge in [0, 0.05) is 19.5 Å². The molecule has 1 spiro atoms. The van der Waals surface area contributed by atoms with Crippen LogP contribution in [0.3, 0.4) is 0 Å². The van der Waals surface area contributed by atoms with Crippen LogP contribution in [0.4, 0.5) is 5.69 Å². The SMILES string of the molecule is COc1cc(C)ccc1N1CCC2(CCO2)C1. The fourth-order valence-corrected chi connectivity index (χ4v) is 2.81. The van der Waals surface area contributed by atoms with Gasteiger partial charge in [-0.3, -0.25) is 0 Å². The lowest BCUT2D eigenvalue weighted by Crippen LogP contribution is -2.45. The van der Waals surface area contributed by atoms with Crippen LogP contribution < -0.4 is 9.64 Å². The summed E-state index contributed by atoms with van der Waals surface area (Å²) in [5.74, 6) is 0.973. The molecule has 92 valence electrons. The minimum Gasteiger partial charge on any atom is -0.495 e. The molecule has 2 fully saturated rings. The summed E-state index contributed by atoms with van der Waals surface area (Å²) in [7, 11) is 1.74. The van der Waals surface area contributed by atoms with Gasteiger partial charge < -0.3 is 14.4 Å². The predicted octanol–water partition coefficient (Wildman–Crippen LogP) is 2.37. The largest absolute Gasteiger partial charge is 0.495 e. The van der Waals surface area contributed by atoms with Crippen molar-refractivity contribution in [1.82, 2.24) is 0 Å². The molecule has 3 rings (SSSR count). The molecule has 17 heavy (non-hydrogen) atoms. The molecule has 2 aliphatic heterocycles. The number of anilines is 1. The van der Waals surface area contributed by atoms with Gasteiger partial charge in [0.05, 0.1) is 25.0 Å². The Balaban J connectivity index is 1.84. The Morgan fingerprint density at radius 1 is 1.35 bits per heavy atom. The molecular formula is C14H19NO2. The highest BCUT2D eigenvalue weighted by molar-refractivity contribution is 5.60. The molecule has 0 N–H and O–H groups in total. The second kappa shape index (κ2) is 3.91. The fourth-order valence-electron chi connectivity index (χ4n) is 2.81. The standard InChI is InChI=1S/C14H19NO2/c1-11-3-4-12(13(9-11)16-2)15-7-5-14(10-15)6-8-17-14/h3-4,9H,5-8,10H2,1-2H3. The van der Waals surface area contributed by atoms with Gasteiger partial charge in [-0.15, -0.1) is 0 Å². The molecular weight excluding hydrogens is 214 g/mol. The van der Waals surface area contributed by atoms with E-state index in [4.69, 9.17) is 9.47 Å². The number of hydrogen-bond donors (Lipinski definition) is 0. The highest BCUT2D eigenvalue weighted by atomic mass is 16.5. The van der Waals surface area contributed by atoms with Gasteiger partial charge in [-0.25, -0.2) is 0 Å². The van der Waals surface area contributed by atoms with Gasteiger partial charge in [0.25, 0.3) is 0 Å². The number of aryl methyl sites for hydroxylation is 1. The normalized spacial score (nSPS) is 27.3. The number of hydrogen-bond acceptors (Lipinski definition) is 3. The summed E-state index contributed by atoms with van der Waals surface area (Å²) < 4.78 is 11.2. The average molecular weight is 233 g/mol. The first kappa shape index (κ1) is 10.9. The second-order valence-electron chi connectivity index (χ2n) is 5.13. The predicted molar refractivity (Wildman–Crippen MR) is 67.9 cm³/mol. The van der Waals surface area contributed by atoms with Crippen LogP contribution in [0.25, 0.3) is 0 Å². The van der Waals surface area contributed by atoms with E-state index >= 15 is 0 Å². The maximum Gasteiger partial charge on any atom is 0.142 e. The van der Waals surface area contributed by atoms with Crippen LogP contribution >= 0.6 is 0 Å². The van der Waals surface area contributed by atoms with Gasteiger partial charge >= 0.3 is 0 Å². The Morgan fingerprint density at radius 3 is 2.76 bits per heavy atom. The van der Waals surface area contributed by atoms with E-state index in [0.717, 1.165) is 31.9 Å². The van der Waals surface area contributed by atoms with Crippen molar-refractivity contribution in [2.24, 2.45) is 0 Å². The van der Waals surface area contributed by atoms with Crippen LogP contribution in [0.2, 0.25) is 0 Å². The van der Waals surface area contributed by atoms with E-state index in [1.807, 2.05) is 0 Å². The Bertz CT molecular complexity index is 426. The first-order valence-corrected chi connectivity index (χ1v) is 6.26. The molecule has 0 amide bonds. The molecule has 2 aliphatic rings. The Hall–Kier alpha value is -1.22. The van der Waals surface area contributed by atoms with E-state index in [2.05, 4.69) is 30.0 Å². The van der Waals surface area contributed by atoms with Crippen LogP contribution in [0.15, 0.2) is 18.2 Å². The van der Waals surface area contributed by atoms with E-state index < -0.39 is 0 Å². The van der Waals surface area contributed by atoms with E-state index in [1.54, 1.807) is 7.11 Å². The summed E-state index contributed by atoms with van der Waals surface area (Å²) >= 11 is 0. The maximum atomic E-state index is 5.75. The first-order chi connectivity index (χ1) is 8.22. The van der Waals surface area contributed by atoms with Crippen molar-refractivity contribution in [2.75, 3.05) is 31.7 Å². The van der Waals surface area contributed by atoms with Crippen LogP contribution in [0.1, 0.15) is 18.4 Å². The quantitative estimate of drug-likeness (QED) is 0.782. The zero-order valence-corrected chi connectivity index (χ0v) is 10.5. The first-order valence-electron chi connectivity index (χ1n) is 6.26. The molecule has 1 aromatic carbocycles. The van der Waals surface area contributed by atoms with Gasteiger partial charge in [0.15, 0.2) is 0 Å². The van der Waals surface area contributed by atoms with E-state index in [-0.39, 0.29) is 5.60 Å². The van der Waals surface area contributed by atoms with Crippen molar-refractivity contribution in [1.29, 1.82) is 0 Å². The smallest absolute Gasteiger partial charge is 0.142 e. The second-order valence-corrected chi connectivity index (χ2v) is 5.13. The van der Waals surface area contributed by atoms with Crippen molar-refractivity contribution in [2.45, 2.75) is 25.4 Å². The van der Waals surface area contributed by atoms with Crippen molar-refractivity contribution in [3.63, 3.8) is 0 Å². The molecule has 0 bridgehead atoms. The molecule has 3 heteroatoms. The molecule has 1 atom stereocenters. The number of rotatable bonds is 2. The summed E-state index contributed by atoms with van der Waals surface area (Å²) in [5, 5.41) is 0. The van der Waals surface area contributed by atoms with Crippen molar-refractivity contribution in [3.05, 3.63) is 23.8 Å². The Morgan fingerprint density at radius 2 is 2.18 bits per heavy atom. The lowest BCUT2D eigenvalue weighted by atomic mass is 9.94. The molecule has 0 aliphatic carbocycles. The highest BCUT2D eigenvalue weighted by Crippen LogP contribution is 2.40. The number of nitrogens with zero attached hydrogens (tertiary/aromatic N) is 1. The third-order valence-electron chi connectivity index (χ3n) is 3.96. The summed E-state index contributed by atoms with van der Waals surface area (Å²) in [6.45, 7) is 5.09. The monoisotopic (exact) mass is 233 g/mol.